The predicted molar refractivity (Wildman–Crippen MR) is 66.1 cm³/mol. The Hall–Kier alpha value is 0.270. The van der Waals surface area contributed by atoms with Gasteiger partial charge < -0.3 is 10.1 Å². The minimum absolute atomic E-state index is 0.821. The fourth-order valence-electron chi connectivity index (χ4n) is 1.52. The van der Waals surface area contributed by atoms with Gasteiger partial charge in [-0.15, -0.1) is 0 Å². The zero-order valence-corrected chi connectivity index (χ0v) is 10.7. The topological polar surface area (TPSA) is 21.3 Å². The highest BCUT2D eigenvalue weighted by atomic mass is 32.2. The standard InChI is InChI=1S/C11H25NOS/c1-4-5-11(6-9-14-3)10-12-7-8-13-2/h11-12H,4-10H2,1-3H3. The van der Waals surface area contributed by atoms with Crippen molar-refractivity contribution in [2.75, 3.05) is 38.8 Å². The lowest BCUT2D eigenvalue weighted by Gasteiger charge is -2.16. The Bertz CT molecular complexity index is 111. The van der Waals surface area contributed by atoms with E-state index in [-0.39, 0.29) is 0 Å². The van der Waals surface area contributed by atoms with Gasteiger partial charge in [-0.1, -0.05) is 13.3 Å². The minimum atomic E-state index is 0.821. The molecule has 14 heavy (non-hydrogen) atoms. The molecule has 0 aliphatic rings. The average molecular weight is 219 g/mol. The van der Waals surface area contributed by atoms with Gasteiger partial charge in [0.25, 0.3) is 0 Å². The summed E-state index contributed by atoms with van der Waals surface area (Å²) in [6, 6.07) is 0. The second-order valence-electron chi connectivity index (χ2n) is 3.63. The third-order valence-electron chi connectivity index (χ3n) is 2.34. The van der Waals surface area contributed by atoms with Crippen LogP contribution in [0.3, 0.4) is 0 Å². The van der Waals surface area contributed by atoms with Gasteiger partial charge in [0.2, 0.25) is 0 Å². The maximum absolute atomic E-state index is 5.00. The maximum Gasteiger partial charge on any atom is 0.0587 e. The van der Waals surface area contributed by atoms with Crippen LogP contribution in [0.25, 0.3) is 0 Å². The van der Waals surface area contributed by atoms with Crippen LogP contribution in [0.5, 0.6) is 0 Å². The summed E-state index contributed by atoms with van der Waals surface area (Å²) in [6.07, 6.45) is 6.17. The van der Waals surface area contributed by atoms with Crippen LogP contribution in [0, 0.1) is 5.92 Å². The lowest BCUT2D eigenvalue weighted by molar-refractivity contribution is 0.197. The van der Waals surface area contributed by atoms with Gasteiger partial charge in [-0.3, -0.25) is 0 Å². The van der Waals surface area contributed by atoms with Gasteiger partial charge in [-0.05, 0) is 37.3 Å². The molecule has 0 bridgehead atoms. The van der Waals surface area contributed by atoms with Crippen molar-refractivity contribution < 1.29 is 4.74 Å². The van der Waals surface area contributed by atoms with E-state index in [1.54, 1.807) is 7.11 Å². The van der Waals surface area contributed by atoms with Gasteiger partial charge >= 0.3 is 0 Å². The zero-order valence-electron chi connectivity index (χ0n) is 9.84. The third kappa shape index (κ3) is 8.85. The van der Waals surface area contributed by atoms with Gasteiger partial charge in [0.05, 0.1) is 6.61 Å². The molecule has 0 fully saturated rings. The maximum atomic E-state index is 5.00. The van der Waals surface area contributed by atoms with Gasteiger partial charge in [0.15, 0.2) is 0 Å². The van der Waals surface area contributed by atoms with E-state index in [1.165, 1.54) is 25.0 Å². The Kier molecular flexibility index (Phi) is 11.6. The summed E-state index contributed by atoms with van der Waals surface area (Å²) in [5.41, 5.74) is 0. The summed E-state index contributed by atoms with van der Waals surface area (Å²) >= 11 is 1.95. The molecule has 0 saturated heterocycles. The van der Waals surface area contributed by atoms with Gasteiger partial charge in [-0.25, -0.2) is 0 Å². The SMILES string of the molecule is CCCC(CCSC)CNCCOC. The quantitative estimate of drug-likeness (QED) is 0.570. The molecule has 0 radical (unpaired) electrons. The molecule has 1 unspecified atom stereocenters. The van der Waals surface area contributed by atoms with Crippen molar-refractivity contribution >= 4 is 11.8 Å². The number of hydrogen-bond donors (Lipinski definition) is 1. The molecule has 0 spiro atoms. The van der Waals surface area contributed by atoms with E-state index >= 15 is 0 Å². The lowest BCUT2D eigenvalue weighted by Crippen LogP contribution is -2.26. The van der Waals surface area contributed by atoms with Crippen molar-refractivity contribution in [3.8, 4) is 0 Å². The molecular formula is C11H25NOS. The van der Waals surface area contributed by atoms with Gasteiger partial charge in [0.1, 0.15) is 0 Å². The summed E-state index contributed by atoms with van der Waals surface area (Å²) in [4.78, 5) is 0. The normalized spacial score (nSPS) is 13.1. The molecule has 0 saturated carbocycles. The van der Waals surface area contributed by atoms with Crippen molar-refractivity contribution in [2.45, 2.75) is 26.2 Å². The van der Waals surface area contributed by atoms with E-state index in [4.69, 9.17) is 4.74 Å². The van der Waals surface area contributed by atoms with Crippen LogP contribution in [0.1, 0.15) is 26.2 Å². The van der Waals surface area contributed by atoms with E-state index in [1.807, 2.05) is 11.8 Å². The van der Waals surface area contributed by atoms with Gasteiger partial charge in [0, 0.05) is 13.7 Å². The monoisotopic (exact) mass is 219 g/mol. The smallest absolute Gasteiger partial charge is 0.0587 e. The van der Waals surface area contributed by atoms with Crippen LogP contribution in [0.2, 0.25) is 0 Å². The Labute approximate surface area is 93.2 Å². The molecule has 0 aromatic heterocycles. The third-order valence-corrected chi connectivity index (χ3v) is 2.99. The number of methoxy groups -OCH3 is 1. The molecule has 3 heteroatoms. The first-order valence-electron chi connectivity index (χ1n) is 5.53. The second kappa shape index (κ2) is 11.3. The van der Waals surface area contributed by atoms with E-state index < -0.39 is 0 Å². The number of hydrogen-bond acceptors (Lipinski definition) is 3. The van der Waals surface area contributed by atoms with Crippen molar-refractivity contribution in [2.24, 2.45) is 5.92 Å². The molecule has 0 heterocycles. The van der Waals surface area contributed by atoms with E-state index in [0.29, 0.717) is 0 Å². The van der Waals surface area contributed by atoms with Crippen LogP contribution >= 0.6 is 11.8 Å². The molecular weight excluding hydrogens is 194 g/mol. The van der Waals surface area contributed by atoms with Crippen LogP contribution < -0.4 is 5.32 Å². The Morgan fingerprint density at radius 2 is 2.14 bits per heavy atom. The van der Waals surface area contributed by atoms with Crippen LogP contribution in [0.15, 0.2) is 0 Å². The molecule has 0 rings (SSSR count). The molecule has 1 N–H and O–H groups in total. The highest BCUT2D eigenvalue weighted by Crippen LogP contribution is 2.12. The predicted octanol–water partition coefficient (Wildman–Crippen LogP) is 2.39. The molecule has 0 aliphatic carbocycles. The van der Waals surface area contributed by atoms with Crippen LogP contribution in [-0.4, -0.2) is 38.8 Å². The number of thioether (sulfide) groups is 1. The average Bonchev–Trinajstić information content (AvgIpc) is 2.20. The van der Waals surface area contributed by atoms with E-state index in [0.717, 1.165) is 25.6 Å². The fraction of sp³-hybridized carbons (Fsp3) is 1.00. The lowest BCUT2D eigenvalue weighted by atomic mass is 10.0. The summed E-state index contributed by atoms with van der Waals surface area (Å²) in [7, 11) is 1.75. The zero-order chi connectivity index (χ0) is 10.6. The molecule has 86 valence electrons. The molecule has 2 nitrogen and oxygen atoms in total. The minimum Gasteiger partial charge on any atom is -0.383 e. The number of nitrogens with one attached hydrogen (secondary N) is 1. The summed E-state index contributed by atoms with van der Waals surface area (Å²) in [5, 5.41) is 3.45. The van der Waals surface area contributed by atoms with Crippen molar-refractivity contribution in [1.82, 2.24) is 5.32 Å². The fourth-order valence-corrected chi connectivity index (χ4v) is 2.09. The Balaban J connectivity index is 3.40. The molecule has 1 atom stereocenters. The van der Waals surface area contributed by atoms with E-state index in [9.17, 15) is 0 Å². The summed E-state index contributed by atoms with van der Waals surface area (Å²) in [5.74, 6) is 2.14. The van der Waals surface area contributed by atoms with Crippen molar-refractivity contribution in [3.63, 3.8) is 0 Å². The highest BCUT2D eigenvalue weighted by Gasteiger charge is 2.06. The Morgan fingerprint density at radius 3 is 2.71 bits per heavy atom. The van der Waals surface area contributed by atoms with Crippen LogP contribution in [-0.2, 0) is 4.74 Å². The number of rotatable bonds is 10. The first-order valence-corrected chi connectivity index (χ1v) is 6.93. The molecule has 0 aromatic carbocycles. The summed E-state index contributed by atoms with van der Waals surface area (Å²) < 4.78 is 5.00. The van der Waals surface area contributed by atoms with Crippen LogP contribution in [0.4, 0.5) is 0 Å². The van der Waals surface area contributed by atoms with Crippen molar-refractivity contribution in [3.05, 3.63) is 0 Å². The first kappa shape index (κ1) is 14.3. The largest absolute Gasteiger partial charge is 0.383 e. The molecule has 0 aliphatic heterocycles. The van der Waals surface area contributed by atoms with Gasteiger partial charge in [-0.2, -0.15) is 11.8 Å². The second-order valence-corrected chi connectivity index (χ2v) is 4.62. The van der Waals surface area contributed by atoms with E-state index in [2.05, 4.69) is 18.5 Å². The first-order chi connectivity index (χ1) is 6.85. The van der Waals surface area contributed by atoms with Crippen molar-refractivity contribution in [1.29, 1.82) is 0 Å². The highest BCUT2D eigenvalue weighted by molar-refractivity contribution is 7.98. The summed E-state index contributed by atoms with van der Waals surface area (Å²) in [6.45, 7) is 5.22. The Morgan fingerprint density at radius 1 is 1.36 bits per heavy atom. The number of ether oxygens (including phenoxy) is 1. The molecule has 0 aromatic rings. The molecule has 0 amide bonds.